The van der Waals surface area contributed by atoms with E-state index in [0.29, 0.717) is 25.2 Å². The molecule has 0 radical (unpaired) electrons. The number of ether oxygens (including phenoxy) is 2. The van der Waals surface area contributed by atoms with Crippen LogP contribution in [0.4, 0.5) is 0 Å². The first-order valence-electron chi connectivity index (χ1n) is 9.17. The van der Waals surface area contributed by atoms with Crippen LogP contribution >= 0.6 is 0 Å². The van der Waals surface area contributed by atoms with Gasteiger partial charge in [-0.1, -0.05) is 19.8 Å². The van der Waals surface area contributed by atoms with Crippen LogP contribution in [-0.2, 0) is 11.3 Å². The van der Waals surface area contributed by atoms with Gasteiger partial charge in [-0.3, -0.25) is 4.79 Å². The van der Waals surface area contributed by atoms with Crippen LogP contribution in [0.2, 0.25) is 0 Å². The molecule has 1 aliphatic heterocycles. The first-order chi connectivity index (χ1) is 12.1. The molecule has 1 N–H and O–H groups in total. The standard InChI is InChI=1S/C19H25N3O3/c1-12-5-3-4-6-14(12)21-19(23)11-22-13(2)20-15-9-17-18(10-16(15)22)25-8-7-24-17/h9-10,12,14H,3-8,11H2,1-2H3,(H,21,23). The third kappa shape index (κ3) is 3.17. The van der Waals surface area contributed by atoms with Crippen molar-refractivity contribution < 1.29 is 14.3 Å². The fourth-order valence-electron chi connectivity index (χ4n) is 3.91. The number of benzene rings is 1. The van der Waals surface area contributed by atoms with Crippen LogP contribution in [0.25, 0.3) is 11.0 Å². The van der Waals surface area contributed by atoms with Crippen molar-refractivity contribution in [3.63, 3.8) is 0 Å². The first kappa shape index (κ1) is 16.2. The van der Waals surface area contributed by atoms with E-state index in [1.807, 2.05) is 23.6 Å². The van der Waals surface area contributed by atoms with Crippen LogP contribution in [0.3, 0.4) is 0 Å². The van der Waals surface area contributed by atoms with Gasteiger partial charge in [0.15, 0.2) is 11.5 Å². The zero-order valence-corrected chi connectivity index (χ0v) is 14.9. The SMILES string of the molecule is Cc1nc2cc3c(cc2n1CC(=O)NC1CCCCC1C)OCCO3. The summed E-state index contributed by atoms with van der Waals surface area (Å²) in [7, 11) is 0. The second-order valence-corrected chi connectivity index (χ2v) is 7.17. The number of aromatic nitrogens is 2. The third-order valence-electron chi connectivity index (χ3n) is 5.36. The Morgan fingerprint density at radius 1 is 1.24 bits per heavy atom. The van der Waals surface area contributed by atoms with Crippen molar-refractivity contribution in [3.05, 3.63) is 18.0 Å². The summed E-state index contributed by atoms with van der Waals surface area (Å²) in [6.45, 7) is 5.54. The van der Waals surface area contributed by atoms with Crippen LogP contribution in [-0.4, -0.2) is 34.7 Å². The van der Waals surface area contributed by atoms with Crippen LogP contribution in [0, 0.1) is 12.8 Å². The Morgan fingerprint density at radius 3 is 2.72 bits per heavy atom. The number of carbonyl (C=O) groups is 1. The summed E-state index contributed by atoms with van der Waals surface area (Å²) in [4.78, 5) is 17.2. The number of hydrogen-bond acceptors (Lipinski definition) is 4. The second kappa shape index (κ2) is 6.58. The summed E-state index contributed by atoms with van der Waals surface area (Å²) in [5.41, 5.74) is 1.74. The molecule has 6 nitrogen and oxygen atoms in total. The lowest BCUT2D eigenvalue weighted by atomic mass is 9.86. The molecule has 1 aromatic heterocycles. The summed E-state index contributed by atoms with van der Waals surface area (Å²) in [5, 5.41) is 3.22. The van der Waals surface area contributed by atoms with Crippen molar-refractivity contribution in [3.8, 4) is 11.5 Å². The molecule has 25 heavy (non-hydrogen) atoms. The van der Waals surface area contributed by atoms with E-state index in [2.05, 4.69) is 17.2 Å². The Kier molecular flexibility index (Phi) is 4.27. The van der Waals surface area contributed by atoms with Crippen molar-refractivity contribution in [1.29, 1.82) is 0 Å². The number of nitrogens with zero attached hydrogens (tertiary/aromatic N) is 2. The number of rotatable bonds is 3. The highest BCUT2D eigenvalue weighted by molar-refractivity contribution is 5.84. The topological polar surface area (TPSA) is 65.4 Å². The molecule has 2 unspecified atom stereocenters. The molecule has 2 aromatic rings. The zero-order valence-electron chi connectivity index (χ0n) is 14.9. The average Bonchev–Trinajstić information content (AvgIpc) is 2.90. The highest BCUT2D eigenvalue weighted by Crippen LogP contribution is 2.34. The fourth-order valence-corrected chi connectivity index (χ4v) is 3.91. The van der Waals surface area contributed by atoms with Gasteiger partial charge in [-0.25, -0.2) is 4.98 Å². The van der Waals surface area contributed by atoms with Gasteiger partial charge in [-0.05, 0) is 25.7 Å². The summed E-state index contributed by atoms with van der Waals surface area (Å²) < 4.78 is 13.2. The zero-order chi connectivity index (χ0) is 17.4. The van der Waals surface area contributed by atoms with E-state index in [4.69, 9.17) is 9.47 Å². The monoisotopic (exact) mass is 343 g/mol. The van der Waals surface area contributed by atoms with Crippen molar-refractivity contribution in [2.24, 2.45) is 5.92 Å². The van der Waals surface area contributed by atoms with E-state index in [9.17, 15) is 4.79 Å². The van der Waals surface area contributed by atoms with Gasteiger partial charge in [-0.15, -0.1) is 0 Å². The molecule has 4 rings (SSSR count). The predicted molar refractivity (Wildman–Crippen MR) is 95.0 cm³/mol. The maximum atomic E-state index is 12.6. The smallest absolute Gasteiger partial charge is 0.240 e. The average molecular weight is 343 g/mol. The lowest BCUT2D eigenvalue weighted by Crippen LogP contribution is -2.42. The summed E-state index contributed by atoms with van der Waals surface area (Å²) in [6, 6.07) is 4.12. The molecule has 0 bridgehead atoms. The molecule has 0 spiro atoms. The molecular formula is C19H25N3O3. The Balaban J connectivity index is 1.56. The molecule has 1 saturated carbocycles. The van der Waals surface area contributed by atoms with Gasteiger partial charge < -0.3 is 19.4 Å². The van der Waals surface area contributed by atoms with Gasteiger partial charge in [0.1, 0.15) is 25.6 Å². The number of amides is 1. The highest BCUT2D eigenvalue weighted by atomic mass is 16.6. The molecule has 0 saturated heterocycles. The fraction of sp³-hybridized carbons (Fsp3) is 0.579. The normalized spacial score (nSPS) is 22.8. The van der Waals surface area contributed by atoms with Gasteiger partial charge in [0, 0.05) is 18.2 Å². The molecule has 1 aliphatic carbocycles. The van der Waals surface area contributed by atoms with E-state index < -0.39 is 0 Å². The largest absolute Gasteiger partial charge is 0.486 e. The van der Waals surface area contributed by atoms with Gasteiger partial charge in [-0.2, -0.15) is 0 Å². The molecule has 2 heterocycles. The third-order valence-corrected chi connectivity index (χ3v) is 5.36. The quantitative estimate of drug-likeness (QED) is 0.931. The lowest BCUT2D eigenvalue weighted by Gasteiger charge is -2.29. The van der Waals surface area contributed by atoms with Crippen molar-refractivity contribution in [2.75, 3.05) is 13.2 Å². The van der Waals surface area contributed by atoms with Crippen LogP contribution in [0.15, 0.2) is 12.1 Å². The van der Waals surface area contributed by atoms with Crippen molar-refractivity contribution in [1.82, 2.24) is 14.9 Å². The minimum Gasteiger partial charge on any atom is -0.486 e. The van der Waals surface area contributed by atoms with E-state index in [-0.39, 0.29) is 12.5 Å². The Morgan fingerprint density at radius 2 is 1.96 bits per heavy atom. The summed E-state index contributed by atoms with van der Waals surface area (Å²) in [6.07, 6.45) is 4.74. The Labute approximate surface area is 147 Å². The van der Waals surface area contributed by atoms with E-state index in [1.54, 1.807) is 0 Å². The second-order valence-electron chi connectivity index (χ2n) is 7.17. The van der Waals surface area contributed by atoms with E-state index >= 15 is 0 Å². The van der Waals surface area contributed by atoms with Crippen LogP contribution < -0.4 is 14.8 Å². The molecule has 2 aliphatic rings. The van der Waals surface area contributed by atoms with Crippen LogP contribution in [0.1, 0.15) is 38.4 Å². The number of fused-ring (bicyclic) bond motifs is 2. The summed E-state index contributed by atoms with van der Waals surface area (Å²) in [5.74, 6) is 2.88. The van der Waals surface area contributed by atoms with Crippen molar-refractivity contribution in [2.45, 2.75) is 52.1 Å². The van der Waals surface area contributed by atoms with Crippen molar-refractivity contribution >= 4 is 16.9 Å². The predicted octanol–water partition coefficient (Wildman–Crippen LogP) is 2.81. The van der Waals surface area contributed by atoms with Gasteiger partial charge in [0.25, 0.3) is 0 Å². The molecule has 134 valence electrons. The van der Waals surface area contributed by atoms with Gasteiger partial charge in [0.05, 0.1) is 11.0 Å². The molecule has 1 amide bonds. The molecular weight excluding hydrogens is 318 g/mol. The van der Waals surface area contributed by atoms with Crippen LogP contribution in [0.5, 0.6) is 11.5 Å². The maximum Gasteiger partial charge on any atom is 0.240 e. The number of imidazole rings is 1. The number of carbonyl (C=O) groups excluding carboxylic acids is 1. The number of aryl methyl sites for hydroxylation is 1. The highest BCUT2D eigenvalue weighted by Gasteiger charge is 2.24. The Bertz CT molecular complexity index is 799. The van der Waals surface area contributed by atoms with E-state index in [1.165, 1.54) is 19.3 Å². The molecule has 1 aromatic carbocycles. The minimum absolute atomic E-state index is 0.0519. The molecule has 2 atom stereocenters. The Hall–Kier alpha value is -2.24. The summed E-state index contributed by atoms with van der Waals surface area (Å²) >= 11 is 0. The minimum atomic E-state index is 0.0519. The molecule has 1 fully saturated rings. The number of nitrogens with one attached hydrogen (secondary N) is 1. The van der Waals surface area contributed by atoms with E-state index in [0.717, 1.165) is 34.8 Å². The van der Waals surface area contributed by atoms with Gasteiger partial charge in [0.2, 0.25) is 5.91 Å². The molecule has 6 heteroatoms. The number of hydrogen-bond donors (Lipinski definition) is 1. The maximum absolute atomic E-state index is 12.6. The lowest BCUT2D eigenvalue weighted by molar-refractivity contribution is -0.122. The van der Waals surface area contributed by atoms with Gasteiger partial charge >= 0.3 is 0 Å². The first-order valence-corrected chi connectivity index (χ1v) is 9.17.